The molecule has 0 unspecified atom stereocenters. The van der Waals surface area contributed by atoms with Gasteiger partial charge in [-0.05, 0) is 39.2 Å². The molecule has 0 bridgehead atoms. The van der Waals surface area contributed by atoms with Crippen LogP contribution in [0.2, 0.25) is 5.15 Å². The fourth-order valence-corrected chi connectivity index (χ4v) is 3.25. The molecule has 9 heteroatoms. The lowest BCUT2D eigenvalue weighted by atomic mass is 9.78. The summed E-state index contributed by atoms with van der Waals surface area (Å²) in [7, 11) is -0.541. The number of thioether (sulfide) groups is 1. The van der Waals surface area contributed by atoms with Crippen LogP contribution in [-0.4, -0.2) is 43.8 Å². The van der Waals surface area contributed by atoms with E-state index in [9.17, 15) is 4.79 Å². The molecule has 3 rings (SSSR count). The van der Waals surface area contributed by atoms with Crippen LogP contribution in [0.25, 0.3) is 11.7 Å². The van der Waals surface area contributed by atoms with E-state index < -0.39 is 18.3 Å². The van der Waals surface area contributed by atoms with Gasteiger partial charge >= 0.3 is 7.12 Å². The molecule has 0 aromatic carbocycles. The van der Waals surface area contributed by atoms with Gasteiger partial charge in [0.15, 0.2) is 10.8 Å². The van der Waals surface area contributed by atoms with E-state index in [0.717, 1.165) is 11.0 Å². The highest BCUT2D eigenvalue weighted by Crippen LogP contribution is 2.39. The van der Waals surface area contributed by atoms with Gasteiger partial charge in [-0.2, -0.15) is 5.10 Å². The zero-order valence-corrected chi connectivity index (χ0v) is 17.0. The van der Waals surface area contributed by atoms with Gasteiger partial charge in [0, 0.05) is 24.4 Å². The highest BCUT2D eigenvalue weighted by atomic mass is 35.5. The van der Waals surface area contributed by atoms with E-state index in [2.05, 4.69) is 10.1 Å². The van der Waals surface area contributed by atoms with Crippen LogP contribution >= 0.6 is 23.4 Å². The Balaban J connectivity index is 1.99. The van der Waals surface area contributed by atoms with E-state index in [4.69, 9.17) is 20.9 Å². The van der Waals surface area contributed by atoms with Crippen LogP contribution in [0.5, 0.6) is 0 Å². The smallest absolute Gasteiger partial charge is 0.400 e. The largest absolute Gasteiger partial charge is 0.491 e. The predicted octanol–water partition coefficient (Wildman–Crippen LogP) is 3.68. The lowest BCUT2D eigenvalue weighted by Crippen LogP contribution is -2.41. The molecule has 0 atom stereocenters. The lowest BCUT2D eigenvalue weighted by Gasteiger charge is -2.32. The Hall–Kier alpha value is -1.35. The lowest BCUT2D eigenvalue weighted by molar-refractivity contribution is -0.109. The quantitative estimate of drug-likeness (QED) is 0.583. The minimum atomic E-state index is -0.541. The first-order valence-electron chi connectivity index (χ1n) is 8.28. The molecule has 0 aliphatic carbocycles. The molecule has 2 aromatic rings. The van der Waals surface area contributed by atoms with E-state index in [0.29, 0.717) is 16.6 Å². The molecule has 26 heavy (non-hydrogen) atoms. The van der Waals surface area contributed by atoms with Gasteiger partial charge < -0.3 is 9.31 Å². The van der Waals surface area contributed by atoms with Gasteiger partial charge in [-0.1, -0.05) is 29.4 Å². The summed E-state index contributed by atoms with van der Waals surface area (Å²) < 4.78 is 14.0. The molecule has 1 aliphatic heterocycles. The van der Waals surface area contributed by atoms with Crippen molar-refractivity contribution in [2.24, 2.45) is 0 Å². The van der Waals surface area contributed by atoms with Crippen molar-refractivity contribution in [3.63, 3.8) is 0 Å². The highest BCUT2D eigenvalue weighted by Gasteiger charge is 2.52. The van der Waals surface area contributed by atoms with E-state index in [1.807, 2.05) is 33.8 Å². The van der Waals surface area contributed by atoms with Crippen LogP contribution in [0, 0.1) is 0 Å². The van der Waals surface area contributed by atoms with Crippen LogP contribution in [0.4, 0.5) is 0 Å². The van der Waals surface area contributed by atoms with E-state index in [1.54, 1.807) is 29.9 Å². The molecule has 0 amide bonds. The zero-order chi connectivity index (χ0) is 19.1. The fourth-order valence-electron chi connectivity index (χ4n) is 2.52. The van der Waals surface area contributed by atoms with Gasteiger partial charge in [0.25, 0.3) is 0 Å². The number of hydrogen-bond acceptors (Lipinski definition) is 6. The molecule has 0 saturated carbocycles. The Morgan fingerprint density at radius 2 is 2.00 bits per heavy atom. The number of halogens is 1. The van der Waals surface area contributed by atoms with Gasteiger partial charge in [-0.3, -0.25) is 4.79 Å². The Morgan fingerprint density at radius 1 is 1.35 bits per heavy atom. The fraction of sp³-hybridized carbons (Fsp3) is 0.471. The summed E-state index contributed by atoms with van der Waals surface area (Å²) in [6.07, 6.45) is 5.38. The van der Waals surface area contributed by atoms with Crippen LogP contribution < -0.4 is 0 Å². The Bertz CT molecular complexity index is 865. The summed E-state index contributed by atoms with van der Waals surface area (Å²) in [6, 6.07) is 1.68. The monoisotopic (exact) mass is 393 g/mol. The van der Waals surface area contributed by atoms with Gasteiger partial charge in [0.1, 0.15) is 5.15 Å². The first kappa shape index (κ1) is 19.4. The maximum Gasteiger partial charge on any atom is 0.491 e. The molecule has 0 spiro atoms. The highest BCUT2D eigenvalue weighted by molar-refractivity contribution is 8.13. The topological polar surface area (TPSA) is 65.7 Å². The normalized spacial score (nSPS) is 19.3. The third-order valence-electron chi connectivity index (χ3n) is 4.70. The molecule has 0 N–H and O–H groups in total. The van der Waals surface area contributed by atoms with Crippen molar-refractivity contribution in [3.05, 3.63) is 34.6 Å². The van der Waals surface area contributed by atoms with Crippen molar-refractivity contribution in [1.29, 1.82) is 0 Å². The molecule has 0 radical (unpaired) electrons. The van der Waals surface area contributed by atoms with Crippen LogP contribution in [0.3, 0.4) is 0 Å². The molecular weight excluding hydrogens is 373 g/mol. The average Bonchev–Trinajstić information content (AvgIpc) is 3.01. The third kappa shape index (κ3) is 3.83. The van der Waals surface area contributed by atoms with Crippen LogP contribution in [0.1, 0.15) is 40.2 Å². The minimum absolute atomic E-state index is 0.0356. The van der Waals surface area contributed by atoms with Crippen LogP contribution in [0.15, 0.2) is 23.9 Å². The second-order valence-corrected chi connectivity index (χ2v) is 8.75. The predicted molar refractivity (Wildman–Crippen MR) is 105 cm³/mol. The molecule has 1 aliphatic rings. The number of carbonyl (C=O) groups excluding carboxylic acids is 1. The molecule has 2 aromatic heterocycles. The molecule has 138 valence electrons. The standard InChI is InChI=1S/C17H21BClN3O3S/c1-11(23)26-10-13(18-24-16(2,3)17(4,5)25-18)8-12-9-20-22-7-6-14(19)21-15(12)22/h6-9H,10H2,1-5H3. The summed E-state index contributed by atoms with van der Waals surface area (Å²) >= 11 is 7.23. The summed E-state index contributed by atoms with van der Waals surface area (Å²) in [5.41, 5.74) is 1.36. The molecule has 6 nitrogen and oxygen atoms in total. The van der Waals surface area contributed by atoms with Crippen molar-refractivity contribution in [2.75, 3.05) is 5.75 Å². The molecule has 3 heterocycles. The first-order valence-corrected chi connectivity index (χ1v) is 9.65. The van der Waals surface area contributed by atoms with Crippen molar-refractivity contribution in [3.8, 4) is 0 Å². The summed E-state index contributed by atoms with van der Waals surface area (Å²) in [6.45, 7) is 9.54. The Kier molecular flexibility index (Phi) is 5.23. The second-order valence-electron chi connectivity index (χ2n) is 7.21. The van der Waals surface area contributed by atoms with Gasteiger partial charge in [-0.25, -0.2) is 9.50 Å². The zero-order valence-electron chi connectivity index (χ0n) is 15.4. The molecular formula is C17H21BClN3O3S. The van der Waals surface area contributed by atoms with Crippen molar-refractivity contribution < 1.29 is 14.1 Å². The number of hydrogen-bond donors (Lipinski definition) is 0. The summed E-state index contributed by atoms with van der Waals surface area (Å²) in [5, 5.41) is 4.71. The third-order valence-corrected chi connectivity index (χ3v) is 5.80. The van der Waals surface area contributed by atoms with Gasteiger partial charge in [-0.15, -0.1) is 0 Å². The number of carbonyl (C=O) groups is 1. The maximum atomic E-state index is 11.5. The van der Waals surface area contributed by atoms with Gasteiger partial charge in [0.05, 0.1) is 17.4 Å². The minimum Gasteiger partial charge on any atom is -0.400 e. The van der Waals surface area contributed by atoms with Crippen LogP contribution in [-0.2, 0) is 14.1 Å². The summed E-state index contributed by atoms with van der Waals surface area (Å²) in [5.74, 6) is 0.462. The summed E-state index contributed by atoms with van der Waals surface area (Å²) in [4.78, 5) is 15.8. The Labute approximate surface area is 162 Å². The van der Waals surface area contributed by atoms with E-state index in [1.165, 1.54) is 11.8 Å². The number of fused-ring (bicyclic) bond motifs is 1. The number of aromatic nitrogens is 3. The number of nitrogens with zero attached hydrogens (tertiary/aromatic N) is 3. The van der Waals surface area contributed by atoms with E-state index >= 15 is 0 Å². The number of rotatable bonds is 4. The molecule has 1 saturated heterocycles. The first-order chi connectivity index (χ1) is 12.1. The maximum absolute atomic E-state index is 11.5. The van der Waals surface area contributed by atoms with Crippen molar-refractivity contribution >= 4 is 47.3 Å². The Morgan fingerprint density at radius 3 is 2.62 bits per heavy atom. The molecule has 1 fully saturated rings. The average molecular weight is 394 g/mol. The van der Waals surface area contributed by atoms with Crippen molar-refractivity contribution in [1.82, 2.24) is 14.6 Å². The van der Waals surface area contributed by atoms with Crippen molar-refractivity contribution in [2.45, 2.75) is 45.8 Å². The SMILES string of the molecule is CC(=O)SCC(=Cc1cnn2ccc(Cl)nc12)B1OC(C)(C)C(C)(C)O1. The van der Waals surface area contributed by atoms with Gasteiger partial charge in [0.2, 0.25) is 0 Å². The van der Waals surface area contributed by atoms with E-state index in [-0.39, 0.29) is 5.12 Å². The second kappa shape index (κ2) is 7.00.